The summed E-state index contributed by atoms with van der Waals surface area (Å²) in [6.45, 7) is 1.61. The van der Waals surface area contributed by atoms with Gasteiger partial charge in [-0.2, -0.15) is 5.26 Å². The van der Waals surface area contributed by atoms with Crippen LogP contribution in [0.2, 0.25) is 0 Å². The van der Waals surface area contributed by atoms with Crippen LogP contribution in [0.5, 0.6) is 0 Å². The molecule has 0 unspecified atom stereocenters. The third kappa shape index (κ3) is 1.64. The monoisotopic (exact) mass is 193 g/mol. The number of pyridine rings is 1. The lowest BCUT2D eigenvalue weighted by atomic mass is 10.1. The molecule has 0 aromatic carbocycles. The molecule has 0 aliphatic heterocycles. The van der Waals surface area contributed by atoms with Gasteiger partial charge in [0.15, 0.2) is 0 Å². The topological polar surface area (TPSA) is 74.2 Å². The molecule has 0 saturated carbocycles. The van der Waals surface area contributed by atoms with E-state index in [9.17, 15) is 10.0 Å². The summed E-state index contributed by atoms with van der Waals surface area (Å²) in [6, 6.07) is 3.36. The summed E-state index contributed by atoms with van der Waals surface area (Å²) in [6.07, 6.45) is 1.15. The number of rotatable bonds is 1. The number of ether oxygens (including phenoxy) is 1. The molecule has 1 rings (SSSR count). The lowest BCUT2D eigenvalue weighted by Crippen LogP contribution is -2.39. The highest BCUT2D eigenvalue weighted by molar-refractivity contribution is 5.87. The Morgan fingerprint density at radius 2 is 2.36 bits per heavy atom. The number of methoxy groups -OCH3 is 1. The summed E-state index contributed by atoms with van der Waals surface area (Å²) in [5.41, 5.74) is 0.780. The van der Waals surface area contributed by atoms with E-state index in [0.717, 1.165) is 6.20 Å². The highest BCUT2D eigenvalue weighted by atomic mass is 16.5. The molecule has 0 radical (unpaired) electrons. The number of hydrogen-bond donors (Lipinski definition) is 1. The maximum atomic E-state index is 11.2. The van der Waals surface area contributed by atoms with Gasteiger partial charge in [-0.15, -0.1) is 0 Å². The molecule has 14 heavy (non-hydrogen) atoms. The van der Waals surface area contributed by atoms with Crippen molar-refractivity contribution in [2.24, 2.45) is 0 Å². The van der Waals surface area contributed by atoms with Crippen molar-refractivity contribution in [2.45, 2.75) is 6.92 Å². The van der Waals surface area contributed by atoms with Crippen molar-refractivity contribution in [3.63, 3.8) is 0 Å². The number of nitriles is 1. The van der Waals surface area contributed by atoms with E-state index in [1.807, 2.05) is 6.07 Å². The summed E-state index contributed by atoms with van der Waals surface area (Å²) in [5.74, 6) is -0.644. The smallest absolute Gasteiger partial charge is 0.408 e. The maximum Gasteiger partial charge on any atom is 0.408 e. The molecule has 5 nitrogen and oxygen atoms in total. The Morgan fingerprint density at radius 3 is 2.79 bits per heavy atom. The molecule has 1 aromatic heterocycles. The van der Waals surface area contributed by atoms with Crippen molar-refractivity contribution in [2.75, 3.05) is 7.11 Å². The van der Waals surface area contributed by atoms with E-state index < -0.39 is 5.97 Å². The zero-order chi connectivity index (χ0) is 10.7. The van der Waals surface area contributed by atoms with Crippen molar-refractivity contribution < 1.29 is 19.5 Å². The minimum Gasteiger partial charge on any atom is -0.461 e. The van der Waals surface area contributed by atoms with Crippen molar-refractivity contribution in [3.8, 4) is 6.07 Å². The van der Waals surface area contributed by atoms with Crippen LogP contribution in [0.15, 0.2) is 12.3 Å². The third-order valence-electron chi connectivity index (χ3n) is 1.74. The van der Waals surface area contributed by atoms with Gasteiger partial charge in [0.1, 0.15) is 11.6 Å². The quantitative estimate of drug-likeness (QED) is 0.392. The van der Waals surface area contributed by atoms with Crippen LogP contribution >= 0.6 is 0 Å². The van der Waals surface area contributed by atoms with Crippen LogP contribution in [0, 0.1) is 18.3 Å². The molecule has 0 aliphatic carbocycles. The first-order chi connectivity index (χ1) is 6.60. The van der Waals surface area contributed by atoms with Gasteiger partial charge in [0.2, 0.25) is 6.20 Å². The zero-order valence-electron chi connectivity index (χ0n) is 7.81. The molecule has 0 atom stereocenters. The summed E-state index contributed by atoms with van der Waals surface area (Å²) in [5, 5.41) is 18.0. The number of aromatic nitrogens is 1. The Kier molecular flexibility index (Phi) is 2.67. The molecule has 1 heterocycles. The predicted octanol–water partition coefficient (Wildman–Crippen LogP) is 0.178. The van der Waals surface area contributed by atoms with Crippen LogP contribution in [0.3, 0.4) is 0 Å². The number of nitrogens with zero attached hydrogens (tertiary/aromatic N) is 2. The average Bonchev–Trinajstić information content (AvgIpc) is 2.16. The minimum atomic E-state index is -0.644. The van der Waals surface area contributed by atoms with Crippen LogP contribution in [-0.4, -0.2) is 18.3 Å². The third-order valence-corrected chi connectivity index (χ3v) is 1.74. The van der Waals surface area contributed by atoms with E-state index >= 15 is 0 Å². The normalized spacial score (nSPS) is 9.21. The van der Waals surface area contributed by atoms with Gasteiger partial charge in [-0.05, 0) is 13.0 Å². The number of hydrogen-bond acceptors (Lipinski definition) is 4. The summed E-state index contributed by atoms with van der Waals surface area (Å²) < 4.78 is 5.07. The van der Waals surface area contributed by atoms with E-state index in [-0.39, 0.29) is 11.3 Å². The number of carbonyl (C=O) groups is 1. The predicted molar refractivity (Wildman–Crippen MR) is 44.6 cm³/mol. The Hall–Kier alpha value is -2.09. The zero-order valence-corrected chi connectivity index (χ0v) is 7.81. The molecule has 0 bridgehead atoms. The van der Waals surface area contributed by atoms with Crippen molar-refractivity contribution in [3.05, 3.63) is 29.1 Å². The van der Waals surface area contributed by atoms with E-state index in [4.69, 9.17) is 5.26 Å². The highest BCUT2D eigenvalue weighted by Gasteiger charge is 2.24. The first-order valence-electron chi connectivity index (χ1n) is 3.84. The number of carbonyl (C=O) groups excluding carboxylic acids is 1. The van der Waals surface area contributed by atoms with Crippen molar-refractivity contribution in [1.82, 2.24) is 0 Å². The summed E-state index contributed by atoms with van der Waals surface area (Å²) in [4.78, 5) is 11.2. The molecule has 0 aliphatic rings. The van der Waals surface area contributed by atoms with E-state index in [0.29, 0.717) is 10.3 Å². The van der Waals surface area contributed by atoms with Gasteiger partial charge in [-0.1, -0.05) is 0 Å². The Morgan fingerprint density at radius 1 is 1.71 bits per heavy atom. The molecule has 0 amide bonds. The molecular formula is C9H9N2O3+. The first-order valence-corrected chi connectivity index (χ1v) is 3.84. The summed E-state index contributed by atoms with van der Waals surface area (Å²) >= 11 is 0. The van der Waals surface area contributed by atoms with Gasteiger partial charge in [0, 0.05) is 10.3 Å². The largest absolute Gasteiger partial charge is 0.461 e. The van der Waals surface area contributed by atoms with Crippen LogP contribution in [0.25, 0.3) is 0 Å². The number of aryl methyl sites for hydroxylation is 1. The van der Waals surface area contributed by atoms with Crippen LogP contribution in [-0.2, 0) is 4.74 Å². The second-order valence-corrected chi connectivity index (χ2v) is 2.71. The van der Waals surface area contributed by atoms with Crippen molar-refractivity contribution in [1.29, 1.82) is 5.26 Å². The van der Waals surface area contributed by atoms with Crippen LogP contribution < -0.4 is 4.73 Å². The lowest BCUT2D eigenvalue weighted by Gasteiger charge is -1.98. The molecule has 0 spiro atoms. The molecule has 0 fully saturated rings. The van der Waals surface area contributed by atoms with Crippen LogP contribution in [0.4, 0.5) is 0 Å². The van der Waals surface area contributed by atoms with Gasteiger partial charge >= 0.3 is 11.7 Å². The Balaban J connectivity index is 3.34. The van der Waals surface area contributed by atoms with Gasteiger partial charge in [0.25, 0.3) is 0 Å². The fourth-order valence-electron chi connectivity index (χ4n) is 1.13. The number of esters is 1. The molecule has 1 aromatic rings. The Labute approximate surface area is 80.7 Å². The van der Waals surface area contributed by atoms with Gasteiger partial charge in [-0.25, -0.2) is 4.79 Å². The summed E-state index contributed by atoms with van der Waals surface area (Å²) in [7, 11) is 1.22. The van der Waals surface area contributed by atoms with E-state index in [2.05, 4.69) is 4.74 Å². The maximum absolute atomic E-state index is 11.2. The van der Waals surface area contributed by atoms with Gasteiger partial charge in [0.05, 0.1) is 7.11 Å². The van der Waals surface area contributed by atoms with Crippen LogP contribution in [0.1, 0.15) is 21.6 Å². The molecule has 72 valence electrons. The second-order valence-electron chi connectivity index (χ2n) is 2.71. The van der Waals surface area contributed by atoms with Gasteiger partial charge in [-0.3, -0.25) is 5.21 Å². The lowest BCUT2D eigenvalue weighted by molar-refractivity contribution is -0.906. The van der Waals surface area contributed by atoms with Gasteiger partial charge < -0.3 is 4.74 Å². The fourth-order valence-corrected chi connectivity index (χ4v) is 1.13. The highest BCUT2D eigenvalue weighted by Crippen LogP contribution is 2.05. The minimum absolute atomic E-state index is 0.0199. The average molecular weight is 193 g/mol. The molecule has 0 saturated heterocycles. The molecule has 1 N–H and O–H groups in total. The molecule has 5 heteroatoms. The fraction of sp³-hybridized carbons (Fsp3) is 0.222. The van der Waals surface area contributed by atoms with Crippen molar-refractivity contribution >= 4 is 5.97 Å². The SMILES string of the molecule is COC(=O)c1c(C)cc(C#N)c[n+]1O. The second kappa shape index (κ2) is 3.75. The standard InChI is InChI=1S/C9H9N2O3/c1-6-3-7(4-10)5-11(13)8(6)9(12)14-2/h3,5,13H,1-2H3/q+1. The Bertz CT molecular complexity index is 398. The molecular weight excluding hydrogens is 184 g/mol. The first kappa shape index (κ1) is 9.99. The van der Waals surface area contributed by atoms with E-state index in [1.165, 1.54) is 13.2 Å². The van der Waals surface area contributed by atoms with E-state index in [1.54, 1.807) is 6.92 Å².